The zero-order chi connectivity index (χ0) is 13.2. The third kappa shape index (κ3) is 6.22. The summed E-state index contributed by atoms with van der Waals surface area (Å²) in [7, 11) is 0. The summed E-state index contributed by atoms with van der Waals surface area (Å²) in [6.07, 6.45) is 1.05. The van der Waals surface area contributed by atoms with Crippen molar-refractivity contribution in [1.82, 2.24) is 5.32 Å². The van der Waals surface area contributed by atoms with E-state index in [0.29, 0.717) is 26.3 Å². The van der Waals surface area contributed by atoms with E-state index in [9.17, 15) is 9.90 Å². The van der Waals surface area contributed by atoms with E-state index in [1.54, 1.807) is 18.2 Å². The number of ether oxygens (including phenoxy) is 1. The summed E-state index contributed by atoms with van der Waals surface area (Å²) in [6.45, 7) is 2.26. The van der Waals surface area contributed by atoms with E-state index in [-0.39, 0.29) is 18.1 Å². The van der Waals surface area contributed by atoms with Crippen LogP contribution in [0.4, 0.5) is 0 Å². The predicted molar refractivity (Wildman–Crippen MR) is 69.3 cm³/mol. The van der Waals surface area contributed by atoms with Crippen LogP contribution in [0, 0.1) is 0 Å². The van der Waals surface area contributed by atoms with Crippen LogP contribution >= 0.6 is 0 Å². The first kappa shape index (κ1) is 14.5. The Kier molecular flexibility index (Phi) is 6.83. The molecule has 100 valence electrons. The number of aromatic hydroxyl groups is 1. The fourth-order valence-corrected chi connectivity index (χ4v) is 1.50. The number of benzene rings is 1. The van der Waals surface area contributed by atoms with Crippen LogP contribution in [0.25, 0.3) is 0 Å². The highest BCUT2D eigenvalue weighted by atomic mass is 16.5. The zero-order valence-electron chi connectivity index (χ0n) is 10.4. The molecule has 4 N–H and O–H groups in total. The average molecular weight is 252 g/mol. The van der Waals surface area contributed by atoms with E-state index >= 15 is 0 Å². The van der Waals surface area contributed by atoms with Crippen LogP contribution in [-0.2, 0) is 16.0 Å². The number of nitrogens with one attached hydrogen (secondary N) is 1. The van der Waals surface area contributed by atoms with E-state index < -0.39 is 0 Å². The predicted octanol–water partition coefficient (Wildman–Crippen LogP) is 0.416. The summed E-state index contributed by atoms with van der Waals surface area (Å²) in [4.78, 5) is 11.6. The minimum atomic E-state index is -0.0561. The number of rotatable bonds is 8. The first-order chi connectivity index (χ1) is 8.72. The summed E-state index contributed by atoms with van der Waals surface area (Å²) in [5, 5.41) is 12.1. The summed E-state index contributed by atoms with van der Waals surface area (Å²) in [6, 6.07) is 6.70. The largest absolute Gasteiger partial charge is 0.508 e. The maximum Gasteiger partial charge on any atom is 0.224 e. The van der Waals surface area contributed by atoms with E-state index in [1.165, 1.54) is 0 Å². The molecule has 0 fully saturated rings. The smallest absolute Gasteiger partial charge is 0.224 e. The maximum atomic E-state index is 11.6. The molecule has 0 saturated carbocycles. The normalized spacial score (nSPS) is 10.3. The summed E-state index contributed by atoms with van der Waals surface area (Å²) >= 11 is 0. The average Bonchev–Trinajstić information content (AvgIpc) is 2.33. The van der Waals surface area contributed by atoms with Gasteiger partial charge in [-0.3, -0.25) is 4.79 Å². The van der Waals surface area contributed by atoms with Crippen molar-refractivity contribution in [2.45, 2.75) is 12.8 Å². The minimum Gasteiger partial charge on any atom is -0.508 e. The molecular weight excluding hydrogens is 232 g/mol. The minimum absolute atomic E-state index is 0.0561. The Bertz CT molecular complexity index is 369. The molecular formula is C13H20N2O3. The molecule has 0 aliphatic carbocycles. The van der Waals surface area contributed by atoms with E-state index in [2.05, 4.69) is 5.32 Å². The van der Waals surface area contributed by atoms with Gasteiger partial charge in [0.15, 0.2) is 0 Å². The van der Waals surface area contributed by atoms with E-state index in [1.807, 2.05) is 6.07 Å². The first-order valence-electron chi connectivity index (χ1n) is 6.05. The third-order valence-electron chi connectivity index (χ3n) is 2.33. The van der Waals surface area contributed by atoms with Crippen molar-refractivity contribution in [3.05, 3.63) is 29.8 Å². The van der Waals surface area contributed by atoms with E-state index in [4.69, 9.17) is 10.5 Å². The monoisotopic (exact) mass is 252 g/mol. The topological polar surface area (TPSA) is 84.6 Å². The Morgan fingerprint density at radius 1 is 1.39 bits per heavy atom. The van der Waals surface area contributed by atoms with Gasteiger partial charge in [0.1, 0.15) is 5.75 Å². The van der Waals surface area contributed by atoms with Crippen LogP contribution in [0.15, 0.2) is 24.3 Å². The number of nitrogens with two attached hydrogens (primary N) is 1. The molecule has 1 aromatic rings. The van der Waals surface area contributed by atoms with Gasteiger partial charge in [-0.05, 0) is 24.1 Å². The second-order valence-corrected chi connectivity index (χ2v) is 3.95. The lowest BCUT2D eigenvalue weighted by Crippen LogP contribution is -2.27. The van der Waals surface area contributed by atoms with Crippen LogP contribution < -0.4 is 11.1 Å². The van der Waals surface area contributed by atoms with Crippen LogP contribution in [0.3, 0.4) is 0 Å². The van der Waals surface area contributed by atoms with Gasteiger partial charge in [0.25, 0.3) is 0 Å². The molecule has 0 aliphatic rings. The highest BCUT2D eigenvalue weighted by Crippen LogP contribution is 2.11. The van der Waals surface area contributed by atoms with Gasteiger partial charge in [0.2, 0.25) is 5.91 Å². The first-order valence-corrected chi connectivity index (χ1v) is 6.05. The molecule has 0 aliphatic heterocycles. The molecule has 1 aromatic carbocycles. The molecule has 1 rings (SSSR count). The van der Waals surface area contributed by atoms with Crippen molar-refractivity contribution in [3.8, 4) is 5.75 Å². The fraction of sp³-hybridized carbons (Fsp3) is 0.462. The fourth-order valence-electron chi connectivity index (χ4n) is 1.50. The van der Waals surface area contributed by atoms with Gasteiger partial charge < -0.3 is 20.9 Å². The summed E-state index contributed by atoms with van der Waals surface area (Å²) < 4.78 is 5.19. The van der Waals surface area contributed by atoms with Crippen molar-refractivity contribution in [2.24, 2.45) is 5.73 Å². The molecule has 0 spiro atoms. The van der Waals surface area contributed by atoms with Gasteiger partial charge in [-0.2, -0.15) is 0 Å². The second-order valence-electron chi connectivity index (χ2n) is 3.95. The molecule has 1 amide bonds. The number of phenols is 1. The van der Waals surface area contributed by atoms with Crippen molar-refractivity contribution in [3.63, 3.8) is 0 Å². The van der Waals surface area contributed by atoms with Crippen LogP contribution in [0.1, 0.15) is 12.0 Å². The Morgan fingerprint density at radius 3 is 2.94 bits per heavy atom. The summed E-state index contributed by atoms with van der Waals surface area (Å²) in [5.74, 6) is 0.120. The molecule has 5 nitrogen and oxygen atoms in total. The van der Waals surface area contributed by atoms with E-state index in [0.717, 1.165) is 12.0 Å². The summed E-state index contributed by atoms with van der Waals surface area (Å²) in [5.41, 5.74) is 6.07. The molecule has 18 heavy (non-hydrogen) atoms. The van der Waals surface area contributed by atoms with Crippen molar-refractivity contribution in [2.75, 3.05) is 26.3 Å². The van der Waals surface area contributed by atoms with Gasteiger partial charge in [-0.15, -0.1) is 0 Å². The van der Waals surface area contributed by atoms with Gasteiger partial charge >= 0.3 is 0 Å². The SMILES string of the molecule is NCCOCCCNC(=O)Cc1cccc(O)c1. The lowest BCUT2D eigenvalue weighted by atomic mass is 10.1. The Morgan fingerprint density at radius 2 is 2.22 bits per heavy atom. The molecule has 0 bridgehead atoms. The lowest BCUT2D eigenvalue weighted by molar-refractivity contribution is -0.120. The van der Waals surface area contributed by atoms with Gasteiger partial charge in [0.05, 0.1) is 13.0 Å². The number of carbonyl (C=O) groups is 1. The number of amides is 1. The number of carbonyl (C=O) groups excluding carboxylic acids is 1. The van der Waals surface area contributed by atoms with Crippen LogP contribution in [-0.4, -0.2) is 37.3 Å². The molecule has 0 saturated heterocycles. The van der Waals surface area contributed by atoms with Crippen molar-refractivity contribution < 1.29 is 14.6 Å². The Labute approximate surface area is 107 Å². The Hall–Kier alpha value is -1.59. The molecule has 0 radical (unpaired) electrons. The van der Waals surface area contributed by atoms with Crippen LogP contribution in [0.2, 0.25) is 0 Å². The highest BCUT2D eigenvalue weighted by Gasteiger charge is 2.03. The van der Waals surface area contributed by atoms with Gasteiger partial charge in [-0.1, -0.05) is 12.1 Å². The zero-order valence-corrected chi connectivity index (χ0v) is 10.4. The molecule has 0 unspecified atom stereocenters. The quantitative estimate of drug-likeness (QED) is 0.585. The van der Waals surface area contributed by atoms with Crippen LogP contribution in [0.5, 0.6) is 5.75 Å². The standard InChI is InChI=1S/C13H20N2O3/c14-5-8-18-7-2-6-15-13(17)10-11-3-1-4-12(16)9-11/h1,3-4,9,16H,2,5-8,10,14H2,(H,15,17). The number of phenolic OH excluding ortho intramolecular Hbond substituents is 1. The Balaban J connectivity index is 2.14. The molecule has 0 heterocycles. The molecule has 0 atom stereocenters. The molecule has 0 aromatic heterocycles. The van der Waals surface area contributed by atoms with Gasteiger partial charge in [-0.25, -0.2) is 0 Å². The third-order valence-corrected chi connectivity index (χ3v) is 2.33. The maximum absolute atomic E-state index is 11.6. The van der Waals surface area contributed by atoms with Crippen molar-refractivity contribution >= 4 is 5.91 Å². The number of hydrogen-bond acceptors (Lipinski definition) is 4. The lowest BCUT2D eigenvalue weighted by Gasteiger charge is -2.06. The highest BCUT2D eigenvalue weighted by molar-refractivity contribution is 5.78. The van der Waals surface area contributed by atoms with Crippen molar-refractivity contribution in [1.29, 1.82) is 0 Å². The van der Waals surface area contributed by atoms with Gasteiger partial charge in [0, 0.05) is 19.7 Å². The number of hydrogen-bond donors (Lipinski definition) is 3. The second kappa shape index (κ2) is 8.49. The molecule has 5 heteroatoms.